The van der Waals surface area contributed by atoms with E-state index in [9.17, 15) is 8.96 Å². The van der Waals surface area contributed by atoms with Crippen LogP contribution in [-0.2, 0) is 13.6 Å². The lowest BCUT2D eigenvalue weighted by molar-refractivity contribution is 0.212. The Kier molecular flexibility index (Phi) is 5.94. The molecule has 1 rings (SSSR count). The first-order chi connectivity index (χ1) is 8.98. The molecule has 19 heavy (non-hydrogen) atoms. The summed E-state index contributed by atoms with van der Waals surface area (Å²) in [4.78, 5) is 0. The maximum atomic E-state index is 13.9. The largest absolute Gasteiger partial charge is 0.497 e. The lowest BCUT2D eigenvalue weighted by Crippen LogP contribution is -2.16. The molecule has 1 atom stereocenters. The Bertz CT molecular complexity index is 459. The molecule has 0 amide bonds. The fourth-order valence-electron chi connectivity index (χ4n) is 1.60. The van der Waals surface area contributed by atoms with E-state index in [1.165, 1.54) is 19.2 Å². The highest BCUT2D eigenvalue weighted by Gasteiger charge is 2.35. The predicted molar refractivity (Wildman–Crippen MR) is 70.7 cm³/mol. The topological polar surface area (TPSA) is 70.8 Å². The molecule has 5 nitrogen and oxygen atoms in total. The molecule has 0 heterocycles. The zero-order valence-corrected chi connectivity index (χ0v) is 12.2. The van der Waals surface area contributed by atoms with Crippen LogP contribution in [-0.4, -0.2) is 20.3 Å². The number of nitrogens with two attached hydrogens (primary N) is 1. The molecule has 0 aromatic heterocycles. The third-order valence-corrected chi connectivity index (χ3v) is 4.68. The number of hydrogen-bond acceptors (Lipinski definition) is 5. The van der Waals surface area contributed by atoms with Crippen molar-refractivity contribution >= 4 is 7.60 Å². The summed E-state index contributed by atoms with van der Waals surface area (Å²) in [5, 5.41) is 0. The summed E-state index contributed by atoms with van der Waals surface area (Å²) in [6.07, 6.45) is 0. The van der Waals surface area contributed by atoms with Gasteiger partial charge in [0, 0.05) is 11.6 Å². The van der Waals surface area contributed by atoms with E-state index >= 15 is 0 Å². The van der Waals surface area contributed by atoms with Gasteiger partial charge in [0.15, 0.2) is 0 Å². The van der Waals surface area contributed by atoms with Crippen LogP contribution in [0.25, 0.3) is 0 Å². The summed E-state index contributed by atoms with van der Waals surface area (Å²) in [6, 6.07) is 4.14. The van der Waals surface area contributed by atoms with E-state index in [-0.39, 0.29) is 18.8 Å². The lowest BCUT2D eigenvalue weighted by Gasteiger charge is -2.23. The summed E-state index contributed by atoms with van der Waals surface area (Å²) in [7, 11) is -2.16. The van der Waals surface area contributed by atoms with E-state index < -0.39 is 19.2 Å². The Hall–Kier alpha value is -0.940. The maximum absolute atomic E-state index is 13.9. The van der Waals surface area contributed by atoms with Crippen LogP contribution < -0.4 is 10.5 Å². The Labute approximate surface area is 112 Å². The first kappa shape index (κ1) is 16.1. The van der Waals surface area contributed by atoms with Gasteiger partial charge in [-0.05, 0) is 19.9 Å². The Morgan fingerprint density at radius 1 is 1.32 bits per heavy atom. The Morgan fingerprint density at radius 2 is 1.89 bits per heavy atom. The van der Waals surface area contributed by atoms with Crippen LogP contribution in [0.2, 0.25) is 0 Å². The number of ether oxygens (including phenoxy) is 1. The number of methoxy groups -OCH3 is 1. The highest BCUT2D eigenvalue weighted by atomic mass is 31.2. The molecule has 108 valence electrons. The van der Waals surface area contributed by atoms with E-state index in [2.05, 4.69) is 0 Å². The average molecular weight is 291 g/mol. The van der Waals surface area contributed by atoms with Gasteiger partial charge in [-0.15, -0.1) is 0 Å². The van der Waals surface area contributed by atoms with Gasteiger partial charge in [-0.2, -0.15) is 0 Å². The predicted octanol–water partition coefficient (Wildman–Crippen LogP) is 3.06. The molecule has 1 aromatic carbocycles. The van der Waals surface area contributed by atoms with Crippen LogP contribution in [0.3, 0.4) is 0 Å². The highest BCUT2D eigenvalue weighted by molar-refractivity contribution is 7.54. The molecule has 0 unspecified atom stereocenters. The van der Waals surface area contributed by atoms with Crippen molar-refractivity contribution in [3.05, 3.63) is 29.6 Å². The second-order valence-corrected chi connectivity index (χ2v) is 5.86. The zero-order valence-electron chi connectivity index (χ0n) is 11.3. The fraction of sp³-hybridized carbons (Fsp3) is 0.500. The first-order valence-corrected chi connectivity index (χ1v) is 7.57. The minimum Gasteiger partial charge on any atom is -0.497 e. The third kappa shape index (κ3) is 3.76. The summed E-state index contributed by atoms with van der Waals surface area (Å²) >= 11 is 0. The van der Waals surface area contributed by atoms with Gasteiger partial charge in [0.2, 0.25) is 0 Å². The monoisotopic (exact) mass is 291 g/mol. The molecule has 0 saturated carbocycles. The van der Waals surface area contributed by atoms with Crippen molar-refractivity contribution in [3.8, 4) is 5.75 Å². The number of halogens is 1. The highest BCUT2D eigenvalue weighted by Crippen LogP contribution is 2.58. The van der Waals surface area contributed by atoms with E-state index in [0.29, 0.717) is 5.75 Å². The molecule has 2 N–H and O–H groups in total. The third-order valence-electron chi connectivity index (χ3n) is 2.49. The van der Waals surface area contributed by atoms with Crippen LogP contribution in [0, 0.1) is 5.82 Å². The lowest BCUT2D eigenvalue weighted by atomic mass is 10.2. The molecule has 7 heteroatoms. The van der Waals surface area contributed by atoms with Crippen molar-refractivity contribution in [2.75, 3.05) is 20.3 Å². The molecular formula is C12H19FNO4P. The SMILES string of the molecule is CCOP(=O)(OCC)[C@H](N)c1ccc(OC)cc1F. The van der Waals surface area contributed by atoms with Gasteiger partial charge in [0.05, 0.1) is 20.3 Å². The molecule has 0 aliphatic heterocycles. The van der Waals surface area contributed by atoms with Crippen LogP contribution in [0.1, 0.15) is 25.2 Å². The molecule has 0 aliphatic carbocycles. The zero-order chi connectivity index (χ0) is 14.5. The van der Waals surface area contributed by atoms with Crippen molar-refractivity contribution in [3.63, 3.8) is 0 Å². The summed E-state index contributed by atoms with van der Waals surface area (Å²) in [5.41, 5.74) is 5.92. The molecule has 1 aromatic rings. The van der Waals surface area contributed by atoms with E-state index in [4.69, 9.17) is 19.5 Å². The minimum atomic E-state index is -3.59. The van der Waals surface area contributed by atoms with Gasteiger partial charge >= 0.3 is 7.60 Å². The molecule has 0 aliphatic rings. The van der Waals surface area contributed by atoms with Crippen LogP contribution in [0.15, 0.2) is 18.2 Å². The van der Waals surface area contributed by atoms with Crippen molar-refractivity contribution in [2.45, 2.75) is 19.6 Å². The first-order valence-electron chi connectivity index (χ1n) is 5.96. The van der Waals surface area contributed by atoms with Gasteiger partial charge in [0.1, 0.15) is 17.3 Å². The molecule has 0 saturated heterocycles. The van der Waals surface area contributed by atoms with E-state index in [1.807, 2.05) is 0 Å². The molecule has 0 radical (unpaired) electrons. The summed E-state index contributed by atoms with van der Waals surface area (Å²) in [5.74, 6) is -1.42. The Morgan fingerprint density at radius 3 is 2.32 bits per heavy atom. The van der Waals surface area contributed by atoms with Gasteiger partial charge in [-0.3, -0.25) is 4.57 Å². The van der Waals surface area contributed by atoms with E-state index in [1.54, 1.807) is 19.9 Å². The van der Waals surface area contributed by atoms with E-state index in [0.717, 1.165) is 0 Å². The second-order valence-electron chi connectivity index (χ2n) is 3.71. The van der Waals surface area contributed by atoms with Crippen LogP contribution in [0.4, 0.5) is 4.39 Å². The van der Waals surface area contributed by atoms with Crippen molar-refractivity contribution < 1.29 is 22.7 Å². The standard InChI is InChI=1S/C12H19FNO4P/c1-4-17-19(15,18-5-2)12(14)10-7-6-9(16-3)8-11(10)13/h6-8,12H,4-5,14H2,1-3H3/t12-/m0/s1. The average Bonchev–Trinajstić information content (AvgIpc) is 2.38. The summed E-state index contributed by atoms with van der Waals surface area (Å²) in [6.45, 7) is 3.68. The smallest absolute Gasteiger partial charge is 0.351 e. The maximum Gasteiger partial charge on any atom is 0.351 e. The van der Waals surface area contributed by atoms with Crippen LogP contribution >= 0.6 is 7.60 Å². The molecular weight excluding hydrogens is 272 g/mol. The minimum absolute atomic E-state index is 0.0750. The number of rotatable bonds is 7. The van der Waals surface area contributed by atoms with Gasteiger partial charge in [-0.1, -0.05) is 6.07 Å². The van der Waals surface area contributed by atoms with Gasteiger partial charge in [0.25, 0.3) is 0 Å². The Balaban J connectivity index is 3.09. The molecule has 0 bridgehead atoms. The fourth-order valence-corrected chi connectivity index (χ4v) is 3.27. The number of benzene rings is 1. The quantitative estimate of drug-likeness (QED) is 0.782. The summed E-state index contributed by atoms with van der Waals surface area (Å²) < 4.78 is 41.5. The van der Waals surface area contributed by atoms with Crippen LogP contribution in [0.5, 0.6) is 5.75 Å². The molecule has 0 spiro atoms. The van der Waals surface area contributed by atoms with Crippen molar-refractivity contribution in [2.24, 2.45) is 5.73 Å². The number of hydrogen-bond donors (Lipinski definition) is 1. The normalized spacial score (nSPS) is 13.3. The second kappa shape index (κ2) is 7.01. The van der Waals surface area contributed by atoms with Crippen molar-refractivity contribution in [1.29, 1.82) is 0 Å². The van der Waals surface area contributed by atoms with Gasteiger partial charge in [-0.25, -0.2) is 4.39 Å². The van der Waals surface area contributed by atoms with Gasteiger partial charge < -0.3 is 19.5 Å². The van der Waals surface area contributed by atoms with Crippen molar-refractivity contribution in [1.82, 2.24) is 0 Å². The molecule has 0 fully saturated rings.